The number of anilines is 2. The lowest BCUT2D eigenvalue weighted by molar-refractivity contribution is 0.374. The first-order valence-electron chi connectivity index (χ1n) is 9.70. The van der Waals surface area contributed by atoms with E-state index in [0.717, 1.165) is 28.7 Å². The highest BCUT2D eigenvalue weighted by molar-refractivity contribution is 6.08. The zero-order valence-corrected chi connectivity index (χ0v) is 18.0. The molecule has 0 aliphatic carbocycles. The number of fused-ring (bicyclic) bond motifs is 1. The van der Waals surface area contributed by atoms with Crippen molar-refractivity contribution in [2.45, 2.75) is 13.8 Å². The molecule has 8 heteroatoms. The number of nitrogens with one attached hydrogen (secondary N) is 2. The number of hydrogen-bond donors (Lipinski definition) is 3. The summed E-state index contributed by atoms with van der Waals surface area (Å²) in [4.78, 5) is 15.4. The summed E-state index contributed by atoms with van der Waals surface area (Å²) in [6, 6.07) is 9.41. The van der Waals surface area contributed by atoms with Gasteiger partial charge in [-0.2, -0.15) is 0 Å². The van der Waals surface area contributed by atoms with Gasteiger partial charge in [0.15, 0.2) is 11.5 Å². The minimum atomic E-state index is 0.0307. The number of ether oxygens (including phenoxy) is 1. The molecule has 8 nitrogen and oxygen atoms in total. The fourth-order valence-corrected chi connectivity index (χ4v) is 3.05. The second-order valence-electron chi connectivity index (χ2n) is 7.31. The van der Waals surface area contributed by atoms with Crippen molar-refractivity contribution in [2.24, 2.45) is 4.99 Å². The van der Waals surface area contributed by atoms with E-state index in [0.29, 0.717) is 29.6 Å². The minimum absolute atomic E-state index is 0.0307. The lowest BCUT2D eigenvalue weighted by atomic mass is 10.1. The second kappa shape index (κ2) is 9.41. The first kappa shape index (κ1) is 21.3. The third-order valence-corrected chi connectivity index (χ3v) is 4.71. The predicted molar refractivity (Wildman–Crippen MR) is 122 cm³/mol. The molecule has 3 N–H and O–H groups in total. The number of aromatic nitrogens is 2. The van der Waals surface area contributed by atoms with E-state index in [1.54, 1.807) is 12.1 Å². The van der Waals surface area contributed by atoms with Gasteiger partial charge in [-0.1, -0.05) is 18.2 Å². The molecule has 0 bridgehead atoms. The van der Waals surface area contributed by atoms with Crippen LogP contribution in [0.2, 0.25) is 0 Å². The van der Waals surface area contributed by atoms with Crippen molar-refractivity contribution in [3.8, 4) is 11.5 Å². The van der Waals surface area contributed by atoms with Gasteiger partial charge in [-0.25, -0.2) is 9.97 Å². The number of hydrogen-bond acceptors (Lipinski definition) is 6. The normalized spacial score (nSPS) is 11.7. The minimum Gasteiger partial charge on any atom is -0.504 e. The number of aromatic hydroxyl groups is 1. The smallest absolute Gasteiger partial charge is 0.201 e. The van der Waals surface area contributed by atoms with Crippen LogP contribution in [0.3, 0.4) is 0 Å². The molecule has 0 radical (unpaired) electrons. The summed E-state index contributed by atoms with van der Waals surface area (Å²) in [6.45, 7) is 5.53. The lowest BCUT2D eigenvalue weighted by Crippen LogP contribution is -2.26. The summed E-state index contributed by atoms with van der Waals surface area (Å²) >= 11 is 0. The Hall–Kier alpha value is -3.39. The summed E-state index contributed by atoms with van der Waals surface area (Å²) in [7, 11) is 5.53. The SMILES string of the molecule is COc1cc2c(NC(=NCCN(C)C)Nc3c(C)cccc3C)ncnc2cc1O. The Bertz CT molecular complexity index is 1040. The fraction of sp³-hybridized carbons (Fsp3) is 0.318. The van der Waals surface area contributed by atoms with Gasteiger partial charge in [0.1, 0.15) is 12.1 Å². The molecule has 0 spiro atoms. The summed E-state index contributed by atoms with van der Waals surface area (Å²) in [5.41, 5.74) is 3.85. The van der Waals surface area contributed by atoms with Gasteiger partial charge in [0.2, 0.25) is 5.96 Å². The number of benzene rings is 2. The van der Waals surface area contributed by atoms with Gasteiger partial charge < -0.3 is 25.4 Å². The summed E-state index contributed by atoms with van der Waals surface area (Å²) in [6.07, 6.45) is 1.45. The summed E-state index contributed by atoms with van der Waals surface area (Å²) in [5, 5.41) is 17.5. The highest BCUT2D eigenvalue weighted by Gasteiger charge is 2.13. The van der Waals surface area contributed by atoms with Crippen molar-refractivity contribution in [1.82, 2.24) is 14.9 Å². The van der Waals surface area contributed by atoms with Crippen LogP contribution in [-0.2, 0) is 0 Å². The highest BCUT2D eigenvalue weighted by Crippen LogP contribution is 2.32. The van der Waals surface area contributed by atoms with Crippen molar-refractivity contribution in [1.29, 1.82) is 0 Å². The van der Waals surface area contributed by atoms with Gasteiger partial charge in [0.05, 0.1) is 19.2 Å². The number of para-hydroxylation sites is 1. The van der Waals surface area contributed by atoms with Crippen LogP contribution in [-0.4, -0.2) is 60.2 Å². The Balaban J connectivity index is 1.98. The first-order chi connectivity index (χ1) is 14.4. The standard InChI is InChI=1S/C22H28N6O2/c1-14-7-6-8-15(2)20(14)26-22(23-9-10-28(3)4)27-21-16-11-19(30-5)18(29)12-17(16)24-13-25-21/h6-8,11-13,29H,9-10H2,1-5H3,(H2,23,24,25,26,27). The zero-order chi connectivity index (χ0) is 21.7. The number of rotatable bonds is 6. The predicted octanol–water partition coefficient (Wildman–Crippen LogP) is 3.40. The molecule has 0 fully saturated rings. The molecule has 0 atom stereocenters. The summed E-state index contributed by atoms with van der Waals surface area (Å²) in [5.74, 6) is 1.54. The number of methoxy groups -OCH3 is 1. The topological polar surface area (TPSA) is 94.9 Å². The van der Waals surface area contributed by atoms with Crippen LogP contribution in [0.4, 0.5) is 11.5 Å². The number of guanidine groups is 1. The molecule has 30 heavy (non-hydrogen) atoms. The number of likely N-dealkylation sites (N-methyl/N-ethyl adjacent to an activating group) is 1. The Morgan fingerprint density at radius 1 is 1.13 bits per heavy atom. The lowest BCUT2D eigenvalue weighted by Gasteiger charge is -2.17. The third-order valence-electron chi connectivity index (χ3n) is 4.71. The Labute approximate surface area is 176 Å². The van der Waals surface area contributed by atoms with Crippen LogP contribution >= 0.6 is 0 Å². The molecule has 0 aliphatic heterocycles. The van der Waals surface area contributed by atoms with Crippen molar-refractivity contribution in [3.05, 3.63) is 47.8 Å². The maximum atomic E-state index is 10.1. The van der Waals surface area contributed by atoms with Crippen LogP contribution in [0.1, 0.15) is 11.1 Å². The highest BCUT2D eigenvalue weighted by atomic mass is 16.5. The molecule has 0 saturated heterocycles. The molecule has 0 saturated carbocycles. The van der Waals surface area contributed by atoms with Crippen LogP contribution in [0.15, 0.2) is 41.7 Å². The molecular formula is C22H28N6O2. The van der Waals surface area contributed by atoms with Gasteiger partial charge in [-0.15, -0.1) is 0 Å². The van der Waals surface area contributed by atoms with Crippen molar-refractivity contribution >= 4 is 28.4 Å². The van der Waals surface area contributed by atoms with E-state index < -0.39 is 0 Å². The molecule has 1 aromatic heterocycles. The maximum Gasteiger partial charge on any atom is 0.201 e. The van der Waals surface area contributed by atoms with Gasteiger partial charge in [-0.05, 0) is 45.1 Å². The number of phenols is 1. The van der Waals surface area contributed by atoms with Crippen LogP contribution in [0.5, 0.6) is 11.5 Å². The molecule has 3 aromatic rings. The second-order valence-corrected chi connectivity index (χ2v) is 7.31. The van der Waals surface area contributed by atoms with E-state index in [1.807, 2.05) is 20.2 Å². The van der Waals surface area contributed by atoms with Crippen molar-refractivity contribution < 1.29 is 9.84 Å². The molecule has 158 valence electrons. The average molecular weight is 409 g/mol. The summed E-state index contributed by atoms with van der Waals surface area (Å²) < 4.78 is 5.25. The number of phenolic OH excluding ortho intramolecular Hbond substituents is 1. The van der Waals surface area contributed by atoms with E-state index in [-0.39, 0.29) is 5.75 Å². The van der Waals surface area contributed by atoms with E-state index >= 15 is 0 Å². The molecule has 2 aromatic carbocycles. The third kappa shape index (κ3) is 4.96. The number of aliphatic imine (C=N–C) groups is 1. The van der Waals surface area contributed by atoms with Crippen LogP contribution in [0.25, 0.3) is 10.9 Å². The van der Waals surface area contributed by atoms with Crippen LogP contribution < -0.4 is 15.4 Å². The van der Waals surface area contributed by atoms with Crippen LogP contribution in [0, 0.1) is 13.8 Å². The fourth-order valence-electron chi connectivity index (χ4n) is 3.05. The molecular weight excluding hydrogens is 380 g/mol. The quantitative estimate of drug-likeness (QED) is 0.425. The van der Waals surface area contributed by atoms with Gasteiger partial charge in [0, 0.05) is 23.7 Å². The van der Waals surface area contributed by atoms with E-state index in [1.165, 1.54) is 13.4 Å². The Morgan fingerprint density at radius 2 is 1.87 bits per heavy atom. The van der Waals surface area contributed by atoms with Crippen molar-refractivity contribution in [2.75, 3.05) is 44.9 Å². The average Bonchev–Trinajstić information content (AvgIpc) is 2.70. The molecule has 0 aliphatic rings. The molecule has 0 amide bonds. The first-order valence-corrected chi connectivity index (χ1v) is 9.70. The Kier molecular flexibility index (Phi) is 6.68. The van der Waals surface area contributed by atoms with E-state index in [4.69, 9.17) is 9.73 Å². The maximum absolute atomic E-state index is 10.1. The Morgan fingerprint density at radius 3 is 2.53 bits per heavy atom. The van der Waals surface area contributed by atoms with E-state index in [2.05, 4.69) is 51.5 Å². The molecule has 1 heterocycles. The molecule has 3 rings (SSSR count). The van der Waals surface area contributed by atoms with E-state index in [9.17, 15) is 5.11 Å². The molecule has 0 unspecified atom stereocenters. The monoisotopic (exact) mass is 408 g/mol. The number of aryl methyl sites for hydroxylation is 2. The number of nitrogens with zero attached hydrogens (tertiary/aromatic N) is 4. The van der Waals surface area contributed by atoms with Gasteiger partial charge in [-0.3, -0.25) is 4.99 Å². The zero-order valence-electron chi connectivity index (χ0n) is 18.0. The van der Waals surface area contributed by atoms with Gasteiger partial charge >= 0.3 is 0 Å². The largest absolute Gasteiger partial charge is 0.504 e. The van der Waals surface area contributed by atoms with Gasteiger partial charge in [0.25, 0.3) is 0 Å². The van der Waals surface area contributed by atoms with Crippen molar-refractivity contribution in [3.63, 3.8) is 0 Å².